The monoisotopic (exact) mass is 333 g/mol. The van der Waals surface area contributed by atoms with Crippen LogP contribution in [0.2, 0.25) is 0 Å². The van der Waals surface area contributed by atoms with Gasteiger partial charge in [-0.1, -0.05) is 57.1 Å². The van der Waals surface area contributed by atoms with E-state index in [4.69, 9.17) is 17.2 Å². The van der Waals surface area contributed by atoms with Gasteiger partial charge < -0.3 is 10.6 Å². The lowest BCUT2D eigenvalue weighted by atomic mass is 10.1. The number of amides is 1. The van der Waals surface area contributed by atoms with Gasteiger partial charge in [0.15, 0.2) is 0 Å². The van der Waals surface area contributed by atoms with Gasteiger partial charge in [0.1, 0.15) is 10.7 Å². The summed E-state index contributed by atoms with van der Waals surface area (Å²) >= 11 is 5.54. The maximum atomic E-state index is 11.4. The van der Waals surface area contributed by atoms with Crippen LogP contribution in [0, 0.1) is 0 Å². The van der Waals surface area contributed by atoms with Gasteiger partial charge in [-0.25, -0.2) is 0 Å². The first-order chi connectivity index (χ1) is 11.1. The molecule has 0 radical (unpaired) electrons. The maximum Gasteiger partial charge on any atom is 0.221 e. The van der Waals surface area contributed by atoms with Crippen molar-refractivity contribution in [1.82, 2.24) is 5.32 Å². The molecule has 0 aliphatic carbocycles. The van der Waals surface area contributed by atoms with Crippen LogP contribution in [0.4, 0.5) is 5.69 Å². The zero-order valence-corrected chi connectivity index (χ0v) is 15.1. The first-order valence-electron chi connectivity index (χ1n) is 8.29. The Bertz CT molecular complexity index is 555. The van der Waals surface area contributed by atoms with E-state index in [0.29, 0.717) is 4.99 Å². The Labute approximate surface area is 144 Å². The number of thiocarbonyl (C=S) groups is 1. The number of nitrogens with zero attached hydrogens (tertiary/aromatic N) is 1. The van der Waals surface area contributed by atoms with Gasteiger partial charge >= 0.3 is 0 Å². The standard InChI is InChI=1S/C18H27N3OS/c1-4-6-12-19-17(18(23)20-13-7-5-2)15-10-8-9-11-16(15)21-14(3)22/h8-11H,4-7,12-13H2,1-3H3,(H,20,23)(H,21,22). The van der Waals surface area contributed by atoms with Crippen molar-refractivity contribution in [1.29, 1.82) is 0 Å². The van der Waals surface area contributed by atoms with E-state index in [2.05, 4.69) is 24.5 Å². The molecule has 23 heavy (non-hydrogen) atoms. The van der Waals surface area contributed by atoms with Crippen LogP contribution < -0.4 is 10.6 Å². The summed E-state index contributed by atoms with van der Waals surface area (Å²) in [5, 5.41) is 6.14. The van der Waals surface area contributed by atoms with Crippen molar-refractivity contribution in [3.05, 3.63) is 29.8 Å². The van der Waals surface area contributed by atoms with E-state index >= 15 is 0 Å². The smallest absolute Gasteiger partial charge is 0.221 e. The number of carbonyl (C=O) groups is 1. The summed E-state index contributed by atoms with van der Waals surface area (Å²) in [6.45, 7) is 7.36. The Morgan fingerprint density at radius 3 is 2.52 bits per heavy atom. The Balaban J connectivity index is 3.06. The number of rotatable bonds is 9. The van der Waals surface area contributed by atoms with Crippen LogP contribution in [0.5, 0.6) is 0 Å². The highest BCUT2D eigenvalue weighted by atomic mass is 32.1. The van der Waals surface area contributed by atoms with Gasteiger partial charge in [0.25, 0.3) is 0 Å². The Hall–Kier alpha value is -1.75. The lowest BCUT2D eigenvalue weighted by Gasteiger charge is -2.15. The van der Waals surface area contributed by atoms with Gasteiger partial charge in [-0.15, -0.1) is 0 Å². The summed E-state index contributed by atoms with van der Waals surface area (Å²) < 4.78 is 0. The first-order valence-corrected chi connectivity index (χ1v) is 8.70. The van der Waals surface area contributed by atoms with Crippen molar-refractivity contribution in [3.63, 3.8) is 0 Å². The highest BCUT2D eigenvalue weighted by molar-refractivity contribution is 7.82. The fourth-order valence-electron chi connectivity index (χ4n) is 2.08. The van der Waals surface area contributed by atoms with Gasteiger partial charge in [-0.05, 0) is 18.9 Å². The SMILES string of the molecule is CCCCN=C(C(=S)NCCCC)c1ccccc1NC(C)=O. The van der Waals surface area contributed by atoms with Gasteiger partial charge in [-0.2, -0.15) is 0 Å². The van der Waals surface area contributed by atoms with Gasteiger partial charge in [0.2, 0.25) is 5.91 Å². The van der Waals surface area contributed by atoms with Crippen LogP contribution >= 0.6 is 12.2 Å². The van der Waals surface area contributed by atoms with Crippen LogP contribution in [-0.2, 0) is 4.79 Å². The summed E-state index contributed by atoms with van der Waals surface area (Å²) in [7, 11) is 0. The van der Waals surface area contributed by atoms with Crippen molar-refractivity contribution < 1.29 is 4.79 Å². The third kappa shape index (κ3) is 6.91. The third-order valence-electron chi connectivity index (χ3n) is 3.31. The second kappa shape index (κ2) is 10.9. The van der Waals surface area contributed by atoms with Crippen LogP contribution in [0.25, 0.3) is 0 Å². The predicted molar refractivity (Wildman–Crippen MR) is 103 cm³/mol. The summed E-state index contributed by atoms with van der Waals surface area (Å²) in [6, 6.07) is 7.65. The zero-order chi connectivity index (χ0) is 17.1. The molecule has 0 aliphatic rings. The molecule has 2 N–H and O–H groups in total. The molecule has 1 rings (SSSR count). The molecule has 0 atom stereocenters. The molecule has 0 saturated carbocycles. The second-order valence-corrected chi connectivity index (χ2v) is 5.83. The number of hydrogen-bond acceptors (Lipinski definition) is 3. The minimum atomic E-state index is -0.102. The average molecular weight is 334 g/mol. The number of benzene rings is 1. The Morgan fingerprint density at radius 1 is 1.17 bits per heavy atom. The van der Waals surface area contributed by atoms with Crippen molar-refractivity contribution in [3.8, 4) is 0 Å². The molecule has 5 heteroatoms. The molecule has 0 spiro atoms. The van der Waals surface area contributed by atoms with E-state index in [1.165, 1.54) is 6.92 Å². The summed E-state index contributed by atoms with van der Waals surface area (Å²) in [6.07, 6.45) is 4.28. The molecule has 1 aromatic rings. The van der Waals surface area contributed by atoms with E-state index in [1.54, 1.807) is 0 Å². The molecule has 1 aromatic carbocycles. The molecular weight excluding hydrogens is 306 g/mol. The van der Waals surface area contributed by atoms with E-state index in [-0.39, 0.29) is 5.91 Å². The van der Waals surface area contributed by atoms with E-state index < -0.39 is 0 Å². The summed E-state index contributed by atoms with van der Waals surface area (Å²) in [5.41, 5.74) is 2.37. The van der Waals surface area contributed by atoms with Gasteiger partial charge in [0.05, 0.1) is 5.69 Å². The molecule has 0 saturated heterocycles. The third-order valence-corrected chi connectivity index (χ3v) is 3.64. The summed E-state index contributed by atoms with van der Waals surface area (Å²) in [4.78, 5) is 16.8. The molecule has 0 heterocycles. The highest BCUT2D eigenvalue weighted by Gasteiger charge is 2.14. The molecule has 4 nitrogen and oxygen atoms in total. The number of carbonyl (C=O) groups excluding carboxylic acids is 1. The van der Waals surface area contributed by atoms with Crippen LogP contribution in [0.1, 0.15) is 52.0 Å². The highest BCUT2D eigenvalue weighted by Crippen LogP contribution is 2.17. The molecule has 0 bridgehead atoms. The van der Waals surface area contributed by atoms with E-state index in [9.17, 15) is 4.79 Å². The molecule has 126 valence electrons. The van der Waals surface area contributed by atoms with Crippen LogP contribution in [-0.4, -0.2) is 29.7 Å². The molecule has 1 amide bonds. The zero-order valence-electron chi connectivity index (χ0n) is 14.3. The molecular formula is C18H27N3OS. The van der Waals surface area contributed by atoms with Gasteiger partial charge in [0, 0.05) is 25.6 Å². The number of para-hydroxylation sites is 1. The average Bonchev–Trinajstić information content (AvgIpc) is 2.52. The normalized spacial score (nSPS) is 11.2. The minimum absolute atomic E-state index is 0.102. The minimum Gasteiger partial charge on any atom is -0.375 e. The topological polar surface area (TPSA) is 53.5 Å². The number of anilines is 1. The van der Waals surface area contributed by atoms with Crippen LogP contribution in [0.15, 0.2) is 29.3 Å². The predicted octanol–water partition coefficient (Wildman–Crippen LogP) is 3.95. The first kappa shape index (κ1) is 19.3. The van der Waals surface area contributed by atoms with Crippen molar-refractivity contribution in [2.24, 2.45) is 4.99 Å². The largest absolute Gasteiger partial charge is 0.375 e. The van der Waals surface area contributed by atoms with E-state index in [0.717, 1.165) is 55.7 Å². The Morgan fingerprint density at radius 2 is 1.87 bits per heavy atom. The van der Waals surface area contributed by atoms with Crippen LogP contribution in [0.3, 0.4) is 0 Å². The number of nitrogens with one attached hydrogen (secondary N) is 2. The lowest BCUT2D eigenvalue weighted by Crippen LogP contribution is -2.31. The number of hydrogen-bond donors (Lipinski definition) is 2. The summed E-state index contributed by atoms with van der Waals surface area (Å²) in [5.74, 6) is -0.102. The quantitative estimate of drug-likeness (QED) is 0.409. The fraction of sp³-hybridized carbons (Fsp3) is 0.500. The molecule has 0 fully saturated rings. The maximum absolute atomic E-state index is 11.4. The van der Waals surface area contributed by atoms with Crippen molar-refractivity contribution in [2.45, 2.75) is 46.5 Å². The van der Waals surface area contributed by atoms with Crippen molar-refractivity contribution >= 4 is 34.5 Å². The Kier molecular flexibility index (Phi) is 9.14. The molecule has 0 aromatic heterocycles. The van der Waals surface area contributed by atoms with Gasteiger partial charge in [-0.3, -0.25) is 9.79 Å². The molecule has 0 unspecified atom stereocenters. The lowest BCUT2D eigenvalue weighted by molar-refractivity contribution is -0.114. The van der Waals surface area contributed by atoms with Crippen molar-refractivity contribution in [2.75, 3.05) is 18.4 Å². The molecule has 0 aliphatic heterocycles. The second-order valence-electron chi connectivity index (χ2n) is 5.42. The fourth-order valence-corrected chi connectivity index (χ4v) is 2.36. The number of aliphatic imine (C=N–C) groups is 1. The van der Waals surface area contributed by atoms with E-state index in [1.807, 2.05) is 24.3 Å². The number of unbranched alkanes of at least 4 members (excludes halogenated alkanes) is 2.